The summed E-state index contributed by atoms with van der Waals surface area (Å²) in [5.74, 6) is -0.546. The van der Waals surface area contributed by atoms with Crippen molar-refractivity contribution in [1.29, 1.82) is 0 Å². The van der Waals surface area contributed by atoms with Crippen LogP contribution in [-0.2, 0) is 24.2 Å². The van der Waals surface area contributed by atoms with Crippen LogP contribution in [0.5, 0.6) is 0 Å². The molecule has 0 saturated carbocycles. The van der Waals surface area contributed by atoms with E-state index in [1.165, 1.54) is 0 Å². The molecule has 2 amide bonds. The molecule has 9 heteroatoms. The van der Waals surface area contributed by atoms with Gasteiger partial charge in [0.05, 0.1) is 24.7 Å². The van der Waals surface area contributed by atoms with Gasteiger partial charge in [0.2, 0.25) is 11.8 Å². The molecule has 8 nitrogen and oxygen atoms in total. The van der Waals surface area contributed by atoms with Gasteiger partial charge in [-0.05, 0) is 27.2 Å². The third-order valence-corrected chi connectivity index (χ3v) is 6.92. The van der Waals surface area contributed by atoms with Gasteiger partial charge in [0, 0.05) is 38.8 Å². The van der Waals surface area contributed by atoms with Crippen molar-refractivity contribution in [3.8, 4) is 0 Å². The molecule has 2 rings (SSSR count). The van der Waals surface area contributed by atoms with E-state index in [0.717, 1.165) is 19.6 Å². The Kier molecular flexibility index (Phi) is 7.04. The molecular weight excluding hydrogens is 358 g/mol. The molecule has 0 spiro atoms. The van der Waals surface area contributed by atoms with Crippen molar-refractivity contribution in [3.63, 3.8) is 0 Å². The molecule has 2 aliphatic rings. The number of nitrogens with one attached hydrogen (secondary N) is 1. The average Bonchev–Trinajstić information content (AvgIpc) is 2.96. The highest BCUT2D eigenvalue weighted by Gasteiger charge is 2.43. The molecule has 2 aliphatic heterocycles. The molecule has 26 heavy (non-hydrogen) atoms. The molecular formula is C17H31N3O5S. The van der Waals surface area contributed by atoms with Crippen LogP contribution in [0, 0.1) is 5.41 Å². The highest BCUT2D eigenvalue weighted by molar-refractivity contribution is 7.91. The van der Waals surface area contributed by atoms with Crippen LogP contribution in [0.3, 0.4) is 0 Å². The van der Waals surface area contributed by atoms with Gasteiger partial charge in [-0.3, -0.25) is 14.5 Å². The molecule has 1 atom stereocenters. The Bertz CT molecular complexity index is 614. The van der Waals surface area contributed by atoms with Crippen LogP contribution in [0.25, 0.3) is 0 Å². The third kappa shape index (κ3) is 5.17. The number of morpholine rings is 1. The summed E-state index contributed by atoms with van der Waals surface area (Å²) < 4.78 is 28.7. The maximum Gasteiger partial charge on any atom is 0.237 e. The highest BCUT2D eigenvalue weighted by Crippen LogP contribution is 2.25. The van der Waals surface area contributed by atoms with Gasteiger partial charge in [0.1, 0.15) is 5.41 Å². The number of amides is 2. The number of rotatable bonds is 7. The summed E-state index contributed by atoms with van der Waals surface area (Å²) in [5, 5.41) is 2.85. The molecule has 2 fully saturated rings. The van der Waals surface area contributed by atoms with Crippen molar-refractivity contribution < 1.29 is 22.7 Å². The van der Waals surface area contributed by atoms with E-state index in [1.807, 2.05) is 6.92 Å². The van der Waals surface area contributed by atoms with Crippen LogP contribution in [0.4, 0.5) is 0 Å². The molecule has 1 unspecified atom stereocenters. The monoisotopic (exact) mass is 389 g/mol. The number of ether oxygens (including phenoxy) is 1. The Balaban J connectivity index is 1.90. The Hall–Kier alpha value is -1.19. The van der Waals surface area contributed by atoms with Crippen LogP contribution < -0.4 is 5.32 Å². The zero-order chi connectivity index (χ0) is 19.4. The van der Waals surface area contributed by atoms with Gasteiger partial charge in [-0.15, -0.1) is 0 Å². The third-order valence-electron chi connectivity index (χ3n) is 5.17. The molecule has 0 bridgehead atoms. The topological polar surface area (TPSA) is 96.0 Å². The Morgan fingerprint density at radius 3 is 2.46 bits per heavy atom. The standard InChI is InChI=1S/C17H31N3O5S/c1-4-20(14-5-12-26(23,24)13-14)16(22)17(2,3)15(21)18-6-7-19-8-10-25-11-9-19/h14H,4-13H2,1-3H3,(H,18,21). The van der Waals surface area contributed by atoms with Crippen LogP contribution in [0.15, 0.2) is 0 Å². The summed E-state index contributed by atoms with van der Waals surface area (Å²) in [4.78, 5) is 29.3. The molecule has 0 aromatic heterocycles. The number of carbonyl (C=O) groups excluding carboxylic acids is 2. The molecule has 0 aliphatic carbocycles. The molecule has 150 valence electrons. The normalized spacial score (nSPS) is 23.6. The SMILES string of the molecule is CCN(C(=O)C(C)(C)C(=O)NCCN1CCOCC1)C1CCS(=O)(=O)C1. The molecule has 0 aromatic rings. The quantitative estimate of drug-likeness (QED) is 0.590. The van der Waals surface area contributed by atoms with Gasteiger partial charge >= 0.3 is 0 Å². The lowest BCUT2D eigenvalue weighted by Gasteiger charge is -2.34. The molecule has 1 N–H and O–H groups in total. The highest BCUT2D eigenvalue weighted by atomic mass is 32.2. The largest absolute Gasteiger partial charge is 0.379 e. The predicted molar refractivity (Wildman–Crippen MR) is 98.5 cm³/mol. The van der Waals surface area contributed by atoms with Gasteiger partial charge in [0.25, 0.3) is 0 Å². The lowest BCUT2D eigenvalue weighted by molar-refractivity contribution is -0.149. The Labute approximate surface area is 156 Å². The molecule has 2 heterocycles. The number of nitrogens with zero attached hydrogens (tertiary/aromatic N) is 2. The van der Waals surface area contributed by atoms with Gasteiger partial charge in [-0.2, -0.15) is 0 Å². The second-order valence-corrected chi connectivity index (χ2v) is 9.71. The Morgan fingerprint density at radius 2 is 1.92 bits per heavy atom. The van der Waals surface area contributed by atoms with E-state index in [-0.39, 0.29) is 29.4 Å². The van der Waals surface area contributed by atoms with E-state index in [9.17, 15) is 18.0 Å². The van der Waals surface area contributed by atoms with E-state index >= 15 is 0 Å². The zero-order valence-electron chi connectivity index (χ0n) is 16.0. The Morgan fingerprint density at radius 1 is 1.27 bits per heavy atom. The number of sulfone groups is 1. The lowest BCUT2D eigenvalue weighted by atomic mass is 9.89. The maximum absolute atomic E-state index is 12.9. The fourth-order valence-electron chi connectivity index (χ4n) is 3.42. The van der Waals surface area contributed by atoms with Crippen molar-refractivity contribution in [2.75, 3.05) is 57.4 Å². The van der Waals surface area contributed by atoms with E-state index in [2.05, 4.69) is 10.2 Å². The van der Waals surface area contributed by atoms with Crippen LogP contribution in [0.1, 0.15) is 27.2 Å². The maximum atomic E-state index is 12.9. The second kappa shape index (κ2) is 8.67. The number of hydrogen-bond acceptors (Lipinski definition) is 6. The average molecular weight is 390 g/mol. The van der Waals surface area contributed by atoms with E-state index in [1.54, 1.807) is 18.7 Å². The summed E-state index contributed by atoms with van der Waals surface area (Å²) in [5.41, 5.74) is -1.23. The summed E-state index contributed by atoms with van der Waals surface area (Å²) in [7, 11) is -3.09. The second-order valence-electron chi connectivity index (χ2n) is 7.48. The van der Waals surface area contributed by atoms with Crippen molar-refractivity contribution in [1.82, 2.24) is 15.1 Å². The fourth-order valence-corrected chi connectivity index (χ4v) is 5.15. The minimum absolute atomic E-state index is 0.0126. The molecule has 0 radical (unpaired) electrons. The first-order valence-electron chi connectivity index (χ1n) is 9.27. The van der Waals surface area contributed by atoms with Gasteiger partial charge in [0.15, 0.2) is 9.84 Å². The summed E-state index contributed by atoms with van der Waals surface area (Å²) in [6.07, 6.45) is 0.441. The van der Waals surface area contributed by atoms with E-state index < -0.39 is 15.3 Å². The first-order chi connectivity index (χ1) is 12.2. The summed E-state index contributed by atoms with van der Waals surface area (Å²) >= 11 is 0. The summed E-state index contributed by atoms with van der Waals surface area (Å²) in [6.45, 7) is 9.70. The zero-order valence-corrected chi connectivity index (χ0v) is 16.8. The van der Waals surface area contributed by atoms with Gasteiger partial charge < -0.3 is 15.0 Å². The lowest BCUT2D eigenvalue weighted by Crippen LogP contribution is -2.53. The fraction of sp³-hybridized carbons (Fsp3) is 0.882. The van der Waals surface area contributed by atoms with Crippen LogP contribution >= 0.6 is 0 Å². The number of carbonyl (C=O) groups is 2. The smallest absolute Gasteiger partial charge is 0.237 e. The van der Waals surface area contributed by atoms with Gasteiger partial charge in [-0.1, -0.05) is 0 Å². The predicted octanol–water partition coefficient (Wildman–Crippen LogP) is -0.503. The summed E-state index contributed by atoms with van der Waals surface area (Å²) in [6, 6.07) is -0.335. The van der Waals surface area contributed by atoms with Crippen molar-refractivity contribution in [2.24, 2.45) is 5.41 Å². The van der Waals surface area contributed by atoms with Crippen LogP contribution in [-0.4, -0.2) is 93.5 Å². The van der Waals surface area contributed by atoms with E-state index in [4.69, 9.17) is 4.74 Å². The first-order valence-corrected chi connectivity index (χ1v) is 11.1. The van der Waals surface area contributed by atoms with Gasteiger partial charge in [-0.25, -0.2) is 8.42 Å². The minimum Gasteiger partial charge on any atom is -0.379 e. The van der Waals surface area contributed by atoms with Crippen molar-refractivity contribution in [2.45, 2.75) is 33.2 Å². The van der Waals surface area contributed by atoms with Crippen LogP contribution in [0.2, 0.25) is 0 Å². The molecule has 2 saturated heterocycles. The molecule has 0 aromatic carbocycles. The number of hydrogen-bond donors (Lipinski definition) is 1. The van der Waals surface area contributed by atoms with Crippen molar-refractivity contribution >= 4 is 21.7 Å². The van der Waals surface area contributed by atoms with E-state index in [0.29, 0.717) is 32.7 Å². The minimum atomic E-state index is -3.09. The van der Waals surface area contributed by atoms with Crippen molar-refractivity contribution in [3.05, 3.63) is 0 Å². The first kappa shape index (κ1) is 21.1.